The normalized spacial score (nSPS) is 14.8. The molecule has 2 N–H and O–H groups in total. The van der Waals surface area contributed by atoms with Crippen LogP contribution in [-0.4, -0.2) is 56.4 Å². The molecular formula is C25H32K2N4O9. The molecule has 0 atom stereocenters. The van der Waals surface area contributed by atoms with Crippen LogP contribution in [-0.2, 0) is 0 Å². The third kappa shape index (κ3) is 13.1. The first-order valence-corrected chi connectivity index (χ1v) is 12.1. The van der Waals surface area contributed by atoms with Crippen molar-refractivity contribution in [1.82, 2.24) is 10.6 Å². The summed E-state index contributed by atoms with van der Waals surface area (Å²) in [6.07, 6.45) is 1.66. The number of nitro benzene ring substituents is 2. The van der Waals surface area contributed by atoms with Crippen molar-refractivity contribution in [2.45, 2.75) is 37.5 Å². The molecule has 40 heavy (non-hydrogen) atoms. The van der Waals surface area contributed by atoms with Gasteiger partial charge in [0.1, 0.15) is 11.5 Å². The standard InChI is InChI=1S/2C12H16N2O3.CH2O3.2K/c2*1-17-12-3-2-10(14(15)16)8-11(12)9-4-6-13-7-5-9;2-1(3)4;;/h2*2-3,8-9,13H,4-7H2,1H3;(H2,2,3,4);;/q;;;2*+1/p-2. The molecule has 0 saturated carbocycles. The molecule has 0 amide bonds. The maximum Gasteiger partial charge on any atom is 1.00 e. The zero-order chi connectivity index (χ0) is 28.1. The van der Waals surface area contributed by atoms with Crippen molar-refractivity contribution in [3.63, 3.8) is 0 Å². The molecule has 15 heteroatoms. The van der Waals surface area contributed by atoms with Crippen molar-refractivity contribution in [3.05, 3.63) is 67.8 Å². The van der Waals surface area contributed by atoms with Crippen molar-refractivity contribution in [2.24, 2.45) is 0 Å². The second-order valence-electron chi connectivity index (χ2n) is 8.67. The molecule has 208 valence electrons. The van der Waals surface area contributed by atoms with Gasteiger partial charge in [-0.25, -0.2) is 0 Å². The summed E-state index contributed by atoms with van der Waals surface area (Å²) in [6.45, 7) is 3.82. The van der Waals surface area contributed by atoms with Gasteiger partial charge in [-0.1, -0.05) is 0 Å². The van der Waals surface area contributed by atoms with E-state index in [4.69, 9.17) is 24.5 Å². The number of methoxy groups -OCH3 is 2. The van der Waals surface area contributed by atoms with Gasteiger partial charge in [-0.3, -0.25) is 20.2 Å². The SMILES string of the molecule is COc1ccc([N+](=O)[O-])cc1C1CCNCC1.COc1ccc([N+](=O)[O-])cc1C1CCNCC1.O=C([O-])[O-].[K+].[K+]. The summed E-state index contributed by atoms with van der Waals surface area (Å²) in [7, 11) is 3.21. The molecule has 2 heterocycles. The summed E-state index contributed by atoms with van der Waals surface area (Å²) < 4.78 is 10.6. The number of nitrogens with zero attached hydrogens (tertiary/aromatic N) is 2. The van der Waals surface area contributed by atoms with E-state index in [0.717, 1.165) is 74.5 Å². The van der Waals surface area contributed by atoms with Crippen LogP contribution in [0.25, 0.3) is 0 Å². The fourth-order valence-electron chi connectivity index (χ4n) is 4.57. The number of rotatable bonds is 6. The van der Waals surface area contributed by atoms with E-state index in [1.165, 1.54) is 12.1 Å². The third-order valence-corrected chi connectivity index (χ3v) is 6.41. The summed E-state index contributed by atoms with van der Waals surface area (Å²) >= 11 is 0. The Labute approximate surface area is 317 Å². The molecule has 0 aliphatic carbocycles. The molecule has 0 spiro atoms. The van der Waals surface area contributed by atoms with Gasteiger partial charge in [-0.05, 0) is 82.0 Å². The van der Waals surface area contributed by atoms with Crippen LogP contribution in [0.4, 0.5) is 16.2 Å². The quantitative estimate of drug-likeness (QED) is 0.183. The molecule has 0 aromatic heterocycles. The topological polar surface area (TPSA) is 192 Å². The predicted molar refractivity (Wildman–Crippen MR) is 134 cm³/mol. The third-order valence-electron chi connectivity index (χ3n) is 6.41. The Morgan fingerprint density at radius 3 is 1.27 bits per heavy atom. The van der Waals surface area contributed by atoms with Crippen LogP contribution in [0.1, 0.15) is 48.6 Å². The van der Waals surface area contributed by atoms with Crippen LogP contribution >= 0.6 is 0 Å². The number of benzene rings is 2. The van der Waals surface area contributed by atoms with Crippen LogP contribution < -0.4 is 133 Å². The van der Waals surface area contributed by atoms with Crippen molar-refractivity contribution in [1.29, 1.82) is 0 Å². The van der Waals surface area contributed by atoms with Gasteiger partial charge in [0.15, 0.2) is 0 Å². The van der Waals surface area contributed by atoms with Crippen molar-refractivity contribution >= 4 is 17.5 Å². The van der Waals surface area contributed by atoms with Gasteiger partial charge in [0, 0.05) is 35.4 Å². The van der Waals surface area contributed by atoms with E-state index in [0.29, 0.717) is 11.8 Å². The van der Waals surface area contributed by atoms with Gasteiger partial charge in [0.25, 0.3) is 11.4 Å². The molecule has 4 rings (SSSR count). The van der Waals surface area contributed by atoms with E-state index in [2.05, 4.69) is 10.6 Å². The molecule has 2 fully saturated rings. The largest absolute Gasteiger partial charge is 1.00 e. The Kier molecular flexibility index (Phi) is 20.7. The van der Waals surface area contributed by atoms with Crippen LogP contribution in [0.5, 0.6) is 11.5 Å². The van der Waals surface area contributed by atoms with E-state index in [1.807, 2.05) is 0 Å². The van der Waals surface area contributed by atoms with E-state index >= 15 is 0 Å². The number of carboxylic acid groups (broad SMARTS) is 2. The molecule has 0 radical (unpaired) electrons. The summed E-state index contributed by atoms with van der Waals surface area (Å²) in [5.74, 6) is 2.21. The Balaban J connectivity index is 0.000000643. The van der Waals surface area contributed by atoms with Gasteiger partial charge < -0.3 is 35.1 Å². The minimum atomic E-state index is -2.33. The second-order valence-corrected chi connectivity index (χ2v) is 8.67. The smallest absolute Gasteiger partial charge is 0.652 e. The molecule has 0 bridgehead atoms. The minimum absolute atomic E-state index is 0. The zero-order valence-electron chi connectivity index (χ0n) is 23.3. The first kappa shape index (κ1) is 39.3. The number of hydrogen-bond acceptors (Lipinski definition) is 11. The number of ether oxygens (including phenoxy) is 2. The Morgan fingerprint density at radius 2 is 1.02 bits per heavy atom. The zero-order valence-corrected chi connectivity index (χ0v) is 29.6. The van der Waals surface area contributed by atoms with Crippen molar-refractivity contribution < 1.29 is 137 Å². The average molecular weight is 611 g/mol. The maximum absolute atomic E-state index is 10.8. The number of hydrogen-bond donors (Lipinski definition) is 2. The molecule has 0 unspecified atom stereocenters. The number of piperidine rings is 2. The van der Waals surface area contributed by atoms with E-state index in [-0.39, 0.29) is 124 Å². The molecular weight excluding hydrogens is 578 g/mol. The second kappa shape index (κ2) is 21.1. The average Bonchev–Trinajstić information content (AvgIpc) is 2.93. The van der Waals surface area contributed by atoms with Gasteiger partial charge in [-0.15, -0.1) is 0 Å². The van der Waals surface area contributed by atoms with Crippen LogP contribution in [0, 0.1) is 20.2 Å². The molecule has 2 aromatic rings. The Bertz CT molecular complexity index is 1010. The van der Waals surface area contributed by atoms with Crippen molar-refractivity contribution in [2.75, 3.05) is 40.4 Å². The fourth-order valence-corrected chi connectivity index (χ4v) is 4.57. The van der Waals surface area contributed by atoms with E-state index in [1.54, 1.807) is 38.5 Å². The van der Waals surface area contributed by atoms with E-state index in [9.17, 15) is 20.2 Å². The number of carbonyl (C=O) groups excluding carboxylic acids is 1. The number of nitrogens with one attached hydrogen (secondary N) is 2. The number of nitro groups is 2. The molecule has 13 nitrogen and oxygen atoms in total. The summed E-state index contributed by atoms with van der Waals surface area (Å²) in [4.78, 5) is 29.2. The Morgan fingerprint density at radius 1 is 0.725 bits per heavy atom. The first-order chi connectivity index (χ1) is 18.2. The summed E-state index contributed by atoms with van der Waals surface area (Å²) in [6, 6.07) is 9.65. The predicted octanol–water partition coefficient (Wildman–Crippen LogP) is -4.30. The van der Waals surface area contributed by atoms with Gasteiger partial charge in [0.2, 0.25) is 0 Å². The van der Waals surface area contributed by atoms with Gasteiger partial charge in [-0.2, -0.15) is 0 Å². The molecule has 2 aromatic carbocycles. The monoisotopic (exact) mass is 610 g/mol. The minimum Gasteiger partial charge on any atom is -0.652 e. The first-order valence-electron chi connectivity index (χ1n) is 12.1. The summed E-state index contributed by atoms with van der Waals surface area (Å²) in [5.41, 5.74) is 2.20. The molecule has 2 aliphatic heterocycles. The summed E-state index contributed by atoms with van der Waals surface area (Å²) in [5, 5.41) is 44.8. The number of non-ortho nitro benzene ring substituents is 2. The van der Waals surface area contributed by atoms with Gasteiger partial charge >= 0.3 is 103 Å². The van der Waals surface area contributed by atoms with Crippen molar-refractivity contribution in [3.8, 4) is 11.5 Å². The Hall–Kier alpha value is -0.697. The van der Waals surface area contributed by atoms with Crippen LogP contribution in [0.2, 0.25) is 0 Å². The molecule has 2 aliphatic rings. The maximum atomic E-state index is 10.8. The van der Waals surface area contributed by atoms with Gasteiger partial charge in [0.05, 0.1) is 24.1 Å². The van der Waals surface area contributed by atoms with Crippen LogP contribution in [0.3, 0.4) is 0 Å². The van der Waals surface area contributed by atoms with E-state index < -0.39 is 6.16 Å². The number of carbonyl (C=O) groups is 1. The molecule has 2 saturated heterocycles. The fraction of sp³-hybridized carbons (Fsp3) is 0.480. The van der Waals surface area contributed by atoms with Crippen LogP contribution in [0.15, 0.2) is 36.4 Å².